The number of hydrogen-bond donors (Lipinski definition) is 1. The summed E-state index contributed by atoms with van der Waals surface area (Å²) in [6, 6.07) is 4.69. The number of nitrogens with zero attached hydrogens (tertiary/aromatic N) is 2. The lowest BCUT2D eigenvalue weighted by Crippen LogP contribution is -2.10. The van der Waals surface area contributed by atoms with Crippen molar-refractivity contribution in [1.82, 2.24) is 9.78 Å². The zero-order valence-electron chi connectivity index (χ0n) is 8.00. The van der Waals surface area contributed by atoms with E-state index in [2.05, 4.69) is 5.10 Å². The van der Waals surface area contributed by atoms with Crippen LogP contribution < -0.4 is 5.73 Å². The molecule has 0 saturated carbocycles. The zero-order chi connectivity index (χ0) is 10.1. The van der Waals surface area contributed by atoms with Crippen LogP contribution in [-0.2, 0) is 6.54 Å². The highest BCUT2D eigenvalue weighted by atomic mass is 19.1. The third kappa shape index (κ3) is 1.37. The second-order valence-corrected chi connectivity index (χ2v) is 3.26. The van der Waals surface area contributed by atoms with Gasteiger partial charge in [-0.1, -0.05) is 0 Å². The van der Waals surface area contributed by atoms with E-state index in [4.69, 9.17) is 5.73 Å². The first kappa shape index (κ1) is 9.15. The number of benzene rings is 1. The summed E-state index contributed by atoms with van der Waals surface area (Å²) in [4.78, 5) is 0. The van der Waals surface area contributed by atoms with Gasteiger partial charge >= 0.3 is 0 Å². The molecule has 0 saturated heterocycles. The zero-order valence-corrected chi connectivity index (χ0v) is 8.00. The molecule has 0 atom stereocenters. The van der Waals surface area contributed by atoms with Gasteiger partial charge in [0.25, 0.3) is 0 Å². The van der Waals surface area contributed by atoms with E-state index >= 15 is 0 Å². The lowest BCUT2D eigenvalue weighted by molar-refractivity contribution is 0.619. The van der Waals surface area contributed by atoms with E-state index in [0.717, 1.165) is 16.6 Å². The van der Waals surface area contributed by atoms with Gasteiger partial charge in [-0.3, -0.25) is 4.68 Å². The van der Waals surface area contributed by atoms with Crippen molar-refractivity contribution in [3.63, 3.8) is 0 Å². The maximum Gasteiger partial charge on any atom is 0.125 e. The first-order valence-electron chi connectivity index (χ1n) is 4.55. The Balaban J connectivity index is 2.66. The van der Waals surface area contributed by atoms with Gasteiger partial charge in [0.15, 0.2) is 0 Å². The molecule has 2 N–H and O–H groups in total. The quantitative estimate of drug-likeness (QED) is 0.784. The first-order chi connectivity index (χ1) is 6.72. The minimum Gasteiger partial charge on any atom is -0.329 e. The van der Waals surface area contributed by atoms with Crippen LogP contribution in [0.15, 0.2) is 18.2 Å². The fourth-order valence-electron chi connectivity index (χ4n) is 1.61. The number of halogens is 1. The molecule has 0 unspecified atom stereocenters. The maximum absolute atomic E-state index is 13.0. The molecule has 0 aliphatic carbocycles. The Morgan fingerprint density at radius 2 is 2.29 bits per heavy atom. The van der Waals surface area contributed by atoms with Gasteiger partial charge in [0, 0.05) is 11.9 Å². The summed E-state index contributed by atoms with van der Waals surface area (Å²) in [6.45, 7) is 3.04. The van der Waals surface area contributed by atoms with E-state index in [1.807, 2.05) is 6.92 Å². The van der Waals surface area contributed by atoms with Gasteiger partial charge in [-0.05, 0) is 25.1 Å². The molecule has 0 fully saturated rings. The van der Waals surface area contributed by atoms with Crippen LogP contribution in [0, 0.1) is 12.7 Å². The Kier molecular flexibility index (Phi) is 2.21. The van der Waals surface area contributed by atoms with Gasteiger partial charge < -0.3 is 5.73 Å². The highest BCUT2D eigenvalue weighted by Gasteiger charge is 2.06. The number of rotatable bonds is 2. The minimum absolute atomic E-state index is 0.240. The van der Waals surface area contributed by atoms with Crippen molar-refractivity contribution in [1.29, 1.82) is 0 Å². The van der Waals surface area contributed by atoms with Gasteiger partial charge in [-0.25, -0.2) is 4.39 Å². The minimum atomic E-state index is -0.240. The molecule has 1 aromatic carbocycles. The second-order valence-electron chi connectivity index (χ2n) is 3.26. The average molecular weight is 193 g/mol. The number of aryl methyl sites for hydroxylation is 1. The molecule has 14 heavy (non-hydrogen) atoms. The van der Waals surface area contributed by atoms with Crippen LogP contribution in [0.1, 0.15) is 5.69 Å². The molecule has 4 heteroatoms. The summed E-state index contributed by atoms with van der Waals surface area (Å²) in [5.41, 5.74) is 7.17. The molecule has 0 bridgehead atoms. The van der Waals surface area contributed by atoms with Gasteiger partial charge in [0.2, 0.25) is 0 Å². The monoisotopic (exact) mass is 193 g/mol. The predicted molar refractivity (Wildman–Crippen MR) is 53.5 cm³/mol. The van der Waals surface area contributed by atoms with Crippen molar-refractivity contribution >= 4 is 10.9 Å². The third-order valence-corrected chi connectivity index (χ3v) is 2.24. The van der Waals surface area contributed by atoms with E-state index in [9.17, 15) is 4.39 Å². The molecule has 2 aromatic rings. The fraction of sp³-hybridized carbons (Fsp3) is 0.300. The Morgan fingerprint density at radius 1 is 1.50 bits per heavy atom. The van der Waals surface area contributed by atoms with Crippen LogP contribution in [0.5, 0.6) is 0 Å². The van der Waals surface area contributed by atoms with Crippen LogP contribution in [0.3, 0.4) is 0 Å². The number of fused-ring (bicyclic) bond motifs is 1. The molecule has 1 aromatic heterocycles. The van der Waals surface area contributed by atoms with E-state index in [-0.39, 0.29) is 5.82 Å². The summed E-state index contributed by atoms with van der Waals surface area (Å²) < 4.78 is 14.7. The molecular formula is C10H12FN3. The molecule has 0 aliphatic rings. The van der Waals surface area contributed by atoms with Crippen LogP contribution in [0.25, 0.3) is 10.9 Å². The fourth-order valence-corrected chi connectivity index (χ4v) is 1.61. The molecule has 0 radical (unpaired) electrons. The second kappa shape index (κ2) is 3.38. The number of nitrogens with two attached hydrogens (primary N) is 1. The van der Waals surface area contributed by atoms with Gasteiger partial charge in [0.05, 0.1) is 17.8 Å². The topological polar surface area (TPSA) is 43.8 Å². The molecule has 74 valence electrons. The van der Waals surface area contributed by atoms with Crippen molar-refractivity contribution in [2.45, 2.75) is 13.5 Å². The Hall–Kier alpha value is -1.42. The standard InChI is InChI=1S/C10H12FN3/c1-7-9-3-2-8(11)6-10(9)14(13-7)5-4-12/h2-3,6H,4-5,12H2,1H3. The molecule has 0 spiro atoms. The predicted octanol–water partition coefficient (Wildman–Crippen LogP) is 1.44. The van der Waals surface area contributed by atoms with E-state index in [0.29, 0.717) is 13.1 Å². The molecule has 1 heterocycles. The largest absolute Gasteiger partial charge is 0.329 e. The number of aromatic nitrogens is 2. The van der Waals surface area contributed by atoms with E-state index < -0.39 is 0 Å². The van der Waals surface area contributed by atoms with Gasteiger partial charge in [-0.2, -0.15) is 5.10 Å². The van der Waals surface area contributed by atoms with Gasteiger partial charge in [0.1, 0.15) is 5.82 Å². The van der Waals surface area contributed by atoms with Crippen molar-refractivity contribution in [2.24, 2.45) is 5.73 Å². The van der Waals surface area contributed by atoms with Crippen molar-refractivity contribution < 1.29 is 4.39 Å². The number of hydrogen-bond acceptors (Lipinski definition) is 2. The highest BCUT2D eigenvalue weighted by molar-refractivity contribution is 5.81. The van der Waals surface area contributed by atoms with Crippen molar-refractivity contribution in [3.8, 4) is 0 Å². The Morgan fingerprint density at radius 3 is 3.00 bits per heavy atom. The van der Waals surface area contributed by atoms with Crippen LogP contribution in [-0.4, -0.2) is 16.3 Å². The van der Waals surface area contributed by atoms with Crippen molar-refractivity contribution in [3.05, 3.63) is 29.7 Å². The summed E-state index contributed by atoms with van der Waals surface area (Å²) in [7, 11) is 0. The van der Waals surface area contributed by atoms with E-state index in [1.165, 1.54) is 12.1 Å². The summed E-state index contributed by atoms with van der Waals surface area (Å²) in [6.07, 6.45) is 0. The van der Waals surface area contributed by atoms with E-state index in [1.54, 1.807) is 10.7 Å². The molecule has 3 nitrogen and oxygen atoms in total. The smallest absolute Gasteiger partial charge is 0.125 e. The van der Waals surface area contributed by atoms with Crippen LogP contribution >= 0.6 is 0 Å². The Labute approximate surface area is 81.3 Å². The summed E-state index contributed by atoms with van der Waals surface area (Å²) >= 11 is 0. The SMILES string of the molecule is Cc1nn(CCN)c2cc(F)ccc12. The molecule has 0 aliphatic heterocycles. The van der Waals surface area contributed by atoms with Gasteiger partial charge in [-0.15, -0.1) is 0 Å². The first-order valence-corrected chi connectivity index (χ1v) is 4.55. The van der Waals surface area contributed by atoms with Crippen molar-refractivity contribution in [2.75, 3.05) is 6.54 Å². The normalized spacial score (nSPS) is 11.1. The maximum atomic E-state index is 13.0. The third-order valence-electron chi connectivity index (χ3n) is 2.24. The average Bonchev–Trinajstić information content (AvgIpc) is 2.44. The molecular weight excluding hydrogens is 181 g/mol. The van der Waals surface area contributed by atoms with Crippen LogP contribution in [0.2, 0.25) is 0 Å². The molecule has 0 amide bonds. The van der Waals surface area contributed by atoms with Crippen LogP contribution in [0.4, 0.5) is 4.39 Å². The summed E-state index contributed by atoms with van der Waals surface area (Å²) in [5.74, 6) is -0.240. The lowest BCUT2D eigenvalue weighted by Gasteiger charge is -1.99. The lowest BCUT2D eigenvalue weighted by atomic mass is 10.2. The molecule has 2 rings (SSSR count). The highest BCUT2D eigenvalue weighted by Crippen LogP contribution is 2.18. The Bertz CT molecular complexity index is 462. The summed E-state index contributed by atoms with van der Waals surface area (Å²) in [5, 5.41) is 5.28.